The van der Waals surface area contributed by atoms with Crippen molar-refractivity contribution in [3.05, 3.63) is 35.6 Å². The molecule has 1 heterocycles. The summed E-state index contributed by atoms with van der Waals surface area (Å²) < 4.78 is 5.60. The predicted octanol–water partition coefficient (Wildman–Crippen LogP) is 2.83. The van der Waals surface area contributed by atoms with Crippen LogP contribution in [0.4, 0.5) is 0 Å². The monoisotopic (exact) mass is 213 g/mol. The van der Waals surface area contributed by atoms with Crippen LogP contribution < -0.4 is 5.73 Å². The first-order valence-electron chi connectivity index (χ1n) is 5.49. The van der Waals surface area contributed by atoms with Crippen LogP contribution in [0.15, 0.2) is 28.7 Å². The second kappa shape index (κ2) is 4.87. The summed E-state index contributed by atoms with van der Waals surface area (Å²) in [6, 6.07) is 8.11. The standard InChI is InChI=1S/C14H15NO/c1-11-6-7-14-12(9-11)10-13(16-14)5-3-2-4-8-15/h6-7,9-10H,2,4,8,15H2,1H3. The number of rotatable bonds is 2. The molecule has 1 aromatic heterocycles. The summed E-state index contributed by atoms with van der Waals surface area (Å²) in [6.45, 7) is 2.76. The predicted molar refractivity (Wildman–Crippen MR) is 66.1 cm³/mol. The third-order valence-electron chi connectivity index (χ3n) is 2.39. The maximum atomic E-state index is 5.60. The van der Waals surface area contributed by atoms with E-state index in [2.05, 4.69) is 24.8 Å². The van der Waals surface area contributed by atoms with Crippen molar-refractivity contribution >= 4 is 11.0 Å². The number of nitrogens with two attached hydrogens (primary N) is 1. The van der Waals surface area contributed by atoms with Crippen molar-refractivity contribution in [1.82, 2.24) is 0 Å². The average Bonchev–Trinajstić information content (AvgIpc) is 2.66. The lowest BCUT2D eigenvalue weighted by atomic mass is 10.2. The fourth-order valence-electron chi connectivity index (χ4n) is 1.56. The molecule has 2 heteroatoms. The van der Waals surface area contributed by atoms with Gasteiger partial charge in [0.1, 0.15) is 5.58 Å². The van der Waals surface area contributed by atoms with Crippen LogP contribution in [0.25, 0.3) is 11.0 Å². The summed E-state index contributed by atoms with van der Waals surface area (Å²) >= 11 is 0. The molecule has 2 aromatic rings. The smallest absolute Gasteiger partial charge is 0.178 e. The van der Waals surface area contributed by atoms with Gasteiger partial charge in [-0.3, -0.25) is 0 Å². The van der Waals surface area contributed by atoms with Gasteiger partial charge in [-0.1, -0.05) is 17.6 Å². The van der Waals surface area contributed by atoms with E-state index in [9.17, 15) is 0 Å². The van der Waals surface area contributed by atoms with Crippen LogP contribution >= 0.6 is 0 Å². The molecule has 0 aliphatic carbocycles. The third-order valence-corrected chi connectivity index (χ3v) is 2.39. The number of hydrogen-bond acceptors (Lipinski definition) is 2. The SMILES string of the molecule is Cc1ccc2oc(C#CCCCN)cc2c1. The Morgan fingerprint density at radius 2 is 2.19 bits per heavy atom. The second-order valence-electron chi connectivity index (χ2n) is 3.85. The number of benzene rings is 1. The first kappa shape index (κ1) is 10.8. The molecule has 0 fully saturated rings. The van der Waals surface area contributed by atoms with E-state index in [1.54, 1.807) is 0 Å². The van der Waals surface area contributed by atoms with Gasteiger partial charge < -0.3 is 10.2 Å². The third kappa shape index (κ3) is 2.44. The van der Waals surface area contributed by atoms with Crippen molar-refractivity contribution in [2.75, 3.05) is 6.54 Å². The van der Waals surface area contributed by atoms with Crippen molar-refractivity contribution in [2.24, 2.45) is 5.73 Å². The van der Waals surface area contributed by atoms with E-state index in [4.69, 9.17) is 10.2 Å². The minimum Gasteiger partial charge on any atom is -0.448 e. The summed E-state index contributed by atoms with van der Waals surface area (Å²) in [4.78, 5) is 0. The molecule has 0 spiro atoms. The summed E-state index contributed by atoms with van der Waals surface area (Å²) in [5, 5.41) is 1.11. The second-order valence-corrected chi connectivity index (χ2v) is 3.85. The minimum absolute atomic E-state index is 0.688. The van der Waals surface area contributed by atoms with Crippen LogP contribution in [0.3, 0.4) is 0 Å². The number of aryl methyl sites for hydroxylation is 1. The Labute approximate surface area is 95.4 Å². The number of hydrogen-bond donors (Lipinski definition) is 1. The number of unbranched alkanes of at least 4 members (excludes halogenated alkanes) is 1. The van der Waals surface area contributed by atoms with Crippen LogP contribution in [0.5, 0.6) is 0 Å². The fraction of sp³-hybridized carbons (Fsp3) is 0.286. The Balaban J connectivity index is 2.21. The van der Waals surface area contributed by atoms with E-state index in [-0.39, 0.29) is 0 Å². The lowest BCUT2D eigenvalue weighted by Gasteiger charge is -1.89. The van der Waals surface area contributed by atoms with Crippen LogP contribution in [0, 0.1) is 18.8 Å². The Kier molecular flexibility index (Phi) is 3.28. The Morgan fingerprint density at radius 3 is 3.00 bits per heavy atom. The van der Waals surface area contributed by atoms with Gasteiger partial charge in [0.05, 0.1) is 0 Å². The highest BCUT2D eigenvalue weighted by molar-refractivity contribution is 5.79. The van der Waals surface area contributed by atoms with Crippen LogP contribution in [-0.4, -0.2) is 6.54 Å². The molecule has 0 saturated heterocycles. The number of furan rings is 1. The molecule has 2 N–H and O–H groups in total. The van der Waals surface area contributed by atoms with E-state index in [1.807, 2.05) is 18.2 Å². The van der Waals surface area contributed by atoms with E-state index in [0.29, 0.717) is 6.54 Å². The summed E-state index contributed by atoms with van der Waals surface area (Å²) in [5.41, 5.74) is 7.52. The molecule has 0 saturated carbocycles. The average molecular weight is 213 g/mol. The highest BCUT2D eigenvalue weighted by Gasteiger charge is 2.00. The number of fused-ring (bicyclic) bond motifs is 1. The molecule has 82 valence electrons. The Hall–Kier alpha value is -1.72. The highest BCUT2D eigenvalue weighted by Crippen LogP contribution is 2.19. The summed E-state index contributed by atoms with van der Waals surface area (Å²) in [5.74, 6) is 6.80. The zero-order valence-corrected chi connectivity index (χ0v) is 9.42. The molecular weight excluding hydrogens is 198 g/mol. The van der Waals surface area contributed by atoms with E-state index >= 15 is 0 Å². The fourth-order valence-corrected chi connectivity index (χ4v) is 1.56. The Bertz CT molecular complexity index is 543. The van der Waals surface area contributed by atoms with Crippen LogP contribution in [-0.2, 0) is 0 Å². The highest BCUT2D eigenvalue weighted by atomic mass is 16.3. The van der Waals surface area contributed by atoms with E-state index in [0.717, 1.165) is 29.6 Å². The van der Waals surface area contributed by atoms with Crippen molar-refractivity contribution in [2.45, 2.75) is 19.8 Å². The lowest BCUT2D eigenvalue weighted by Crippen LogP contribution is -1.96. The maximum Gasteiger partial charge on any atom is 0.178 e. The van der Waals surface area contributed by atoms with Crippen molar-refractivity contribution in [3.63, 3.8) is 0 Å². The minimum atomic E-state index is 0.688. The molecule has 0 bridgehead atoms. The zero-order chi connectivity index (χ0) is 11.4. The molecular formula is C14H15NO. The Morgan fingerprint density at radius 1 is 1.31 bits per heavy atom. The van der Waals surface area contributed by atoms with E-state index < -0.39 is 0 Å². The molecule has 16 heavy (non-hydrogen) atoms. The quantitative estimate of drug-likeness (QED) is 0.615. The van der Waals surface area contributed by atoms with Gasteiger partial charge in [0.2, 0.25) is 0 Å². The zero-order valence-electron chi connectivity index (χ0n) is 9.42. The molecule has 0 aliphatic heterocycles. The van der Waals surface area contributed by atoms with E-state index in [1.165, 1.54) is 5.56 Å². The normalized spacial score (nSPS) is 10.1. The van der Waals surface area contributed by atoms with Gasteiger partial charge >= 0.3 is 0 Å². The van der Waals surface area contributed by atoms with Gasteiger partial charge in [0.15, 0.2) is 5.76 Å². The first-order chi connectivity index (χ1) is 7.79. The topological polar surface area (TPSA) is 39.2 Å². The maximum absolute atomic E-state index is 5.60. The lowest BCUT2D eigenvalue weighted by molar-refractivity contribution is 0.601. The first-order valence-corrected chi connectivity index (χ1v) is 5.49. The van der Waals surface area contributed by atoms with Crippen LogP contribution in [0.1, 0.15) is 24.2 Å². The molecule has 0 radical (unpaired) electrons. The molecule has 2 rings (SSSR count). The van der Waals surface area contributed by atoms with Gasteiger partial charge in [-0.05, 0) is 37.9 Å². The summed E-state index contributed by atoms with van der Waals surface area (Å²) in [7, 11) is 0. The van der Waals surface area contributed by atoms with Gasteiger partial charge in [0, 0.05) is 17.9 Å². The molecule has 2 nitrogen and oxygen atoms in total. The summed E-state index contributed by atoms with van der Waals surface area (Å²) in [6.07, 6.45) is 1.76. The van der Waals surface area contributed by atoms with Gasteiger partial charge in [-0.15, -0.1) is 0 Å². The molecule has 0 unspecified atom stereocenters. The van der Waals surface area contributed by atoms with Gasteiger partial charge in [0.25, 0.3) is 0 Å². The molecule has 1 aromatic carbocycles. The van der Waals surface area contributed by atoms with Gasteiger partial charge in [-0.25, -0.2) is 0 Å². The van der Waals surface area contributed by atoms with Gasteiger partial charge in [-0.2, -0.15) is 0 Å². The van der Waals surface area contributed by atoms with Crippen molar-refractivity contribution in [3.8, 4) is 11.8 Å². The van der Waals surface area contributed by atoms with Crippen molar-refractivity contribution in [1.29, 1.82) is 0 Å². The molecule has 0 amide bonds. The van der Waals surface area contributed by atoms with Crippen LogP contribution in [0.2, 0.25) is 0 Å². The molecule has 0 atom stereocenters. The molecule has 0 aliphatic rings. The largest absolute Gasteiger partial charge is 0.448 e. The van der Waals surface area contributed by atoms with Crippen molar-refractivity contribution < 1.29 is 4.42 Å².